The molecule has 0 aromatic heterocycles. The van der Waals surface area contributed by atoms with Gasteiger partial charge in [-0.05, 0) is 19.4 Å². The van der Waals surface area contributed by atoms with Gasteiger partial charge in [-0.3, -0.25) is 0 Å². The number of halogens is 1. The second-order valence-electron chi connectivity index (χ2n) is 3.46. The van der Waals surface area contributed by atoms with Crippen LogP contribution in [-0.2, 0) is 9.47 Å². The van der Waals surface area contributed by atoms with Gasteiger partial charge in [0.25, 0.3) is 0 Å². The summed E-state index contributed by atoms with van der Waals surface area (Å²) < 4.78 is 11.2. The molecule has 0 unspecified atom stereocenters. The van der Waals surface area contributed by atoms with E-state index in [9.17, 15) is 0 Å². The summed E-state index contributed by atoms with van der Waals surface area (Å²) >= 11 is 6.05. The van der Waals surface area contributed by atoms with Crippen LogP contribution in [0.15, 0.2) is 24.3 Å². The second-order valence-corrected chi connectivity index (χ2v) is 3.87. The molecule has 0 spiro atoms. The molecule has 1 aliphatic heterocycles. The average molecular weight is 213 g/mol. The molecule has 0 saturated carbocycles. The van der Waals surface area contributed by atoms with Crippen molar-refractivity contribution < 1.29 is 9.47 Å². The fourth-order valence-electron chi connectivity index (χ4n) is 1.49. The van der Waals surface area contributed by atoms with Gasteiger partial charge in [0.2, 0.25) is 0 Å². The number of rotatable bonds is 1. The Balaban J connectivity index is 2.18. The normalized spacial score (nSPS) is 27.6. The van der Waals surface area contributed by atoms with Crippen molar-refractivity contribution in [2.45, 2.75) is 25.7 Å². The minimum atomic E-state index is -0.299. The fourth-order valence-corrected chi connectivity index (χ4v) is 1.71. The predicted molar refractivity (Wildman–Crippen MR) is 55.3 cm³/mol. The van der Waals surface area contributed by atoms with Crippen LogP contribution in [0.2, 0.25) is 5.02 Å². The molecule has 1 aromatic carbocycles. The van der Waals surface area contributed by atoms with Crippen molar-refractivity contribution in [1.82, 2.24) is 0 Å². The summed E-state index contributed by atoms with van der Waals surface area (Å²) in [5, 5.41) is 0.701. The van der Waals surface area contributed by atoms with Crippen LogP contribution in [0.25, 0.3) is 0 Å². The van der Waals surface area contributed by atoms with Crippen molar-refractivity contribution in [3.63, 3.8) is 0 Å². The molecular weight excluding hydrogens is 200 g/mol. The molecule has 76 valence electrons. The SMILES string of the molecule is C[C@@H]1CCO[C@@H](c2ccccc2Cl)O1. The highest BCUT2D eigenvalue weighted by Crippen LogP contribution is 2.30. The van der Waals surface area contributed by atoms with Crippen molar-refractivity contribution in [2.24, 2.45) is 0 Å². The van der Waals surface area contributed by atoms with Crippen LogP contribution in [0, 0.1) is 0 Å². The van der Waals surface area contributed by atoms with Crippen LogP contribution >= 0.6 is 11.6 Å². The van der Waals surface area contributed by atoms with E-state index in [1.165, 1.54) is 0 Å². The Hall–Kier alpha value is -0.570. The predicted octanol–water partition coefficient (Wildman–Crippen LogP) is 3.16. The van der Waals surface area contributed by atoms with Gasteiger partial charge in [-0.1, -0.05) is 29.8 Å². The van der Waals surface area contributed by atoms with Crippen LogP contribution in [0.1, 0.15) is 25.2 Å². The minimum Gasteiger partial charge on any atom is -0.348 e. The molecule has 0 radical (unpaired) electrons. The van der Waals surface area contributed by atoms with Crippen molar-refractivity contribution in [1.29, 1.82) is 0 Å². The number of benzene rings is 1. The van der Waals surface area contributed by atoms with Gasteiger partial charge in [0.15, 0.2) is 6.29 Å². The molecule has 0 bridgehead atoms. The monoisotopic (exact) mass is 212 g/mol. The zero-order valence-electron chi connectivity index (χ0n) is 8.07. The van der Waals surface area contributed by atoms with Gasteiger partial charge in [-0.15, -0.1) is 0 Å². The Bertz CT molecular complexity index is 314. The lowest BCUT2D eigenvalue weighted by atomic mass is 10.2. The highest BCUT2D eigenvalue weighted by atomic mass is 35.5. The first-order valence-corrected chi connectivity index (χ1v) is 5.16. The van der Waals surface area contributed by atoms with Crippen molar-refractivity contribution in [2.75, 3.05) is 6.61 Å². The van der Waals surface area contributed by atoms with Crippen LogP contribution < -0.4 is 0 Å². The molecule has 0 amide bonds. The minimum absolute atomic E-state index is 0.241. The van der Waals surface area contributed by atoms with E-state index < -0.39 is 0 Å². The van der Waals surface area contributed by atoms with Gasteiger partial charge in [-0.2, -0.15) is 0 Å². The molecule has 1 heterocycles. The first-order valence-electron chi connectivity index (χ1n) is 4.79. The number of hydrogen-bond donors (Lipinski definition) is 0. The van der Waals surface area contributed by atoms with Crippen LogP contribution in [0.3, 0.4) is 0 Å². The quantitative estimate of drug-likeness (QED) is 0.712. The summed E-state index contributed by atoms with van der Waals surface area (Å²) in [4.78, 5) is 0. The van der Waals surface area contributed by atoms with E-state index in [1.807, 2.05) is 31.2 Å². The van der Waals surface area contributed by atoms with Crippen LogP contribution in [0.4, 0.5) is 0 Å². The summed E-state index contributed by atoms with van der Waals surface area (Å²) in [6, 6.07) is 7.62. The van der Waals surface area contributed by atoms with Gasteiger partial charge in [0.1, 0.15) is 0 Å². The summed E-state index contributed by atoms with van der Waals surface area (Å²) in [7, 11) is 0. The lowest BCUT2D eigenvalue weighted by Gasteiger charge is -2.28. The van der Waals surface area contributed by atoms with E-state index in [2.05, 4.69) is 0 Å². The Morgan fingerprint density at radius 2 is 2.14 bits per heavy atom. The van der Waals surface area contributed by atoms with E-state index >= 15 is 0 Å². The lowest BCUT2D eigenvalue weighted by Crippen LogP contribution is -2.24. The Kier molecular flexibility index (Phi) is 3.06. The summed E-state index contributed by atoms with van der Waals surface area (Å²) in [5.41, 5.74) is 0.917. The molecular formula is C11H13ClO2. The molecule has 14 heavy (non-hydrogen) atoms. The maximum Gasteiger partial charge on any atom is 0.185 e. The van der Waals surface area contributed by atoms with E-state index in [4.69, 9.17) is 21.1 Å². The third-order valence-electron chi connectivity index (χ3n) is 2.31. The second kappa shape index (κ2) is 4.30. The van der Waals surface area contributed by atoms with Gasteiger partial charge in [-0.25, -0.2) is 0 Å². The van der Waals surface area contributed by atoms with E-state index in [-0.39, 0.29) is 12.4 Å². The standard InChI is InChI=1S/C11H13ClO2/c1-8-6-7-13-11(14-8)9-4-2-3-5-10(9)12/h2-5,8,11H,6-7H2,1H3/t8-,11-/m1/s1. The summed E-state index contributed by atoms with van der Waals surface area (Å²) in [6.07, 6.45) is 0.887. The third-order valence-corrected chi connectivity index (χ3v) is 2.65. The first-order chi connectivity index (χ1) is 6.77. The molecule has 1 fully saturated rings. The van der Waals surface area contributed by atoms with Crippen molar-refractivity contribution in [3.8, 4) is 0 Å². The zero-order valence-corrected chi connectivity index (χ0v) is 8.83. The Morgan fingerprint density at radius 3 is 2.86 bits per heavy atom. The van der Waals surface area contributed by atoms with Crippen molar-refractivity contribution in [3.05, 3.63) is 34.9 Å². The Morgan fingerprint density at radius 1 is 1.36 bits per heavy atom. The maximum atomic E-state index is 6.05. The average Bonchev–Trinajstić information content (AvgIpc) is 2.18. The third kappa shape index (κ3) is 2.08. The van der Waals surface area contributed by atoms with Gasteiger partial charge >= 0.3 is 0 Å². The van der Waals surface area contributed by atoms with E-state index in [0.29, 0.717) is 5.02 Å². The van der Waals surface area contributed by atoms with Crippen molar-refractivity contribution >= 4 is 11.6 Å². The van der Waals surface area contributed by atoms with E-state index in [0.717, 1.165) is 18.6 Å². The topological polar surface area (TPSA) is 18.5 Å². The zero-order chi connectivity index (χ0) is 9.97. The van der Waals surface area contributed by atoms with Gasteiger partial charge in [0.05, 0.1) is 12.7 Å². The smallest absolute Gasteiger partial charge is 0.185 e. The molecule has 3 heteroatoms. The molecule has 2 atom stereocenters. The van der Waals surface area contributed by atoms with E-state index in [1.54, 1.807) is 0 Å². The number of ether oxygens (including phenoxy) is 2. The maximum absolute atomic E-state index is 6.05. The highest BCUT2D eigenvalue weighted by Gasteiger charge is 2.22. The van der Waals surface area contributed by atoms with Crippen LogP contribution in [-0.4, -0.2) is 12.7 Å². The van der Waals surface area contributed by atoms with Crippen LogP contribution in [0.5, 0.6) is 0 Å². The molecule has 2 nitrogen and oxygen atoms in total. The van der Waals surface area contributed by atoms with Gasteiger partial charge in [0, 0.05) is 10.6 Å². The molecule has 1 saturated heterocycles. The molecule has 0 aliphatic carbocycles. The first kappa shape index (κ1) is 9.97. The van der Waals surface area contributed by atoms with Gasteiger partial charge < -0.3 is 9.47 Å². The molecule has 2 rings (SSSR count). The summed E-state index contributed by atoms with van der Waals surface area (Å²) in [6.45, 7) is 2.78. The molecule has 0 N–H and O–H groups in total. The summed E-state index contributed by atoms with van der Waals surface area (Å²) in [5.74, 6) is 0. The lowest BCUT2D eigenvalue weighted by molar-refractivity contribution is -0.212. The molecule has 1 aliphatic rings. The largest absolute Gasteiger partial charge is 0.348 e. The fraction of sp³-hybridized carbons (Fsp3) is 0.455. The highest BCUT2D eigenvalue weighted by molar-refractivity contribution is 6.31. The number of hydrogen-bond acceptors (Lipinski definition) is 2. The molecule has 1 aromatic rings. The Labute approximate surface area is 88.8 Å².